The lowest BCUT2D eigenvalue weighted by Crippen LogP contribution is -2.55. The number of aromatic amines is 1. The first-order valence-corrected chi connectivity index (χ1v) is 21.7. The van der Waals surface area contributed by atoms with Crippen molar-refractivity contribution >= 4 is 57.5 Å². The largest absolute Gasteiger partial charge is 0.453 e. The van der Waals surface area contributed by atoms with Gasteiger partial charge in [0.25, 0.3) is 0 Å². The molecule has 0 radical (unpaired) electrons. The third-order valence-corrected chi connectivity index (χ3v) is 13.6. The van der Waals surface area contributed by atoms with Gasteiger partial charge in [-0.1, -0.05) is 45.9 Å². The first kappa shape index (κ1) is 39.7. The third kappa shape index (κ3) is 7.00. The van der Waals surface area contributed by atoms with Crippen LogP contribution in [0.4, 0.5) is 15.3 Å². The fourth-order valence-electron chi connectivity index (χ4n) is 10.1. The molecule has 3 aliphatic heterocycles. The van der Waals surface area contributed by atoms with Gasteiger partial charge in [-0.2, -0.15) is 0 Å². The smallest absolute Gasteiger partial charge is 0.407 e. The molecule has 3 N–H and O–H groups in total. The highest BCUT2D eigenvalue weighted by Gasteiger charge is 2.57. The molecule has 3 aromatic carbocycles. The van der Waals surface area contributed by atoms with E-state index < -0.39 is 24.3 Å². The Morgan fingerprint density at radius 1 is 0.694 bits per heavy atom. The Kier molecular flexibility index (Phi) is 9.75. The molecule has 320 valence electrons. The summed E-state index contributed by atoms with van der Waals surface area (Å²) >= 11 is 0. The van der Waals surface area contributed by atoms with Gasteiger partial charge in [0.2, 0.25) is 11.8 Å². The zero-order chi connectivity index (χ0) is 43.1. The first-order valence-electron chi connectivity index (χ1n) is 21.7. The molecule has 8 atom stereocenters. The maximum absolute atomic E-state index is 13.9. The number of methoxy groups -OCH3 is 2. The minimum Gasteiger partial charge on any atom is -0.453 e. The number of piperidine rings is 2. The zero-order valence-electron chi connectivity index (χ0n) is 35.7. The number of H-pyrrole nitrogens is 1. The maximum atomic E-state index is 13.9. The molecule has 15 heteroatoms. The van der Waals surface area contributed by atoms with Gasteiger partial charge in [-0.05, 0) is 102 Å². The van der Waals surface area contributed by atoms with Crippen LogP contribution in [0.1, 0.15) is 70.8 Å². The number of amides is 4. The number of rotatable bonds is 10. The lowest BCUT2D eigenvalue weighted by Gasteiger charge is -2.32. The van der Waals surface area contributed by atoms with Gasteiger partial charge >= 0.3 is 12.2 Å². The minimum absolute atomic E-state index is 0.0684. The summed E-state index contributed by atoms with van der Waals surface area (Å²) in [4.78, 5) is 79.3. The zero-order valence-corrected chi connectivity index (χ0v) is 35.7. The Labute approximate surface area is 359 Å². The number of ether oxygens (including phenoxy) is 2. The number of nitrogens with zero attached hydrogens (tertiary/aromatic N) is 6. The summed E-state index contributed by atoms with van der Waals surface area (Å²) in [6.07, 6.45) is 4.91. The van der Waals surface area contributed by atoms with E-state index in [0.717, 1.165) is 92.9 Å². The fraction of sp³-hybridized carbons (Fsp3) is 0.447. The van der Waals surface area contributed by atoms with Crippen LogP contribution in [-0.4, -0.2) is 104 Å². The number of fused-ring (bicyclic) bond motifs is 5. The van der Waals surface area contributed by atoms with Crippen molar-refractivity contribution in [1.29, 1.82) is 0 Å². The number of nitrogens with one attached hydrogen (secondary N) is 3. The van der Waals surface area contributed by atoms with Crippen molar-refractivity contribution in [3.63, 3.8) is 0 Å². The fourth-order valence-corrected chi connectivity index (χ4v) is 10.1. The molecule has 5 aliphatic rings. The maximum Gasteiger partial charge on any atom is 0.407 e. The summed E-state index contributed by atoms with van der Waals surface area (Å²) in [7, 11) is 2.61. The average molecular weight is 838 g/mol. The number of imidazole rings is 1. The molecule has 15 nitrogen and oxygen atoms in total. The summed E-state index contributed by atoms with van der Waals surface area (Å²) in [6.45, 7) is 7.71. The normalized spacial score (nSPS) is 24.1. The van der Waals surface area contributed by atoms with Crippen LogP contribution in [0.15, 0.2) is 65.8 Å². The van der Waals surface area contributed by atoms with Crippen molar-refractivity contribution in [2.24, 2.45) is 28.7 Å². The van der Waals surface area contributed by atoms with Crippen molar-refractivity contribution in [2.75, 3.05) is 14.2 Å². The molecule has 2 aliphatic carbocycles. The predicted octanol–water partition coefficient (Wildman–Crippen LogP) is 6.88. The number of alkyl carbamates (subject to hydrolysis) is 2. The quantitative estimate of drug-likeness (QED) is 0.135. The average Bonchev–Trinajstić information content (AvgIpc) is 3.93. The van der Waals surface area contributed by atoms with Crippen LogP contribution in [0.3, 0.4) is 0 Å². The third-order valence-electron chi connectivity index (χ3n) is 13.6. The van der Waals surface area contributed by atoms with Gasteiger partial charge in [0.15, 0.2) is 0 Å². The Balaban J connectivity index is 0.843. The van der Waals surface area contributed by atoms with Crippen molar-refractivity contribution in [2.45, 2.75) is 96.1 Å². The van der Waals surface area contributed by atoms with E-state index >= 15 is 0 Å². The van der Waals surface area contributed by atoms with Gasteiger partial charge in [-0.15, -0.1) is 0 Å². The van der Waals surface area contributed by atoms with Gasteiger partial charge in [-0.3, -0.25) is 19.6 Å². The van der Waals surface area contributed by atoms with E-state index in [9.17, 15) is 19.2 Å². The standard InChI is InChI=1S/C47H51N9O6/c1-22(2)41(53-46(59)61-5)44(57)55-37-17-28(37)19-39(55)35-16-27-13-24(7-10-30(27)49-35)25-8-11-31-33(14-25)48-21-36(50-31)26-9-12-32-34(15-26)52-43(51-32)40-20-29-18-38(29)56(40)45(58)42(23(3)4)54-47(60)62-6/h7-15,21-23,28-29,37-42H,16-20H2,1-6H3,(H,51,52)(H,53,59)(H,54,60)/t28-,29-,37-,38-,39+,40+,41+,42+/m1/s1. The van der Waals surface area contributed by atoms with E-state index in [1.54, 1.807) is 6.20 Å². The molecule has 4 amide bonds. The molecule has 4 fully saturated rings. The van der Waals surface area contributed by atoms with Crippen LogP contribution in [0.25, 0.3) is 44.5 Å². The number of likely N-dealkylation sites (tertiary alicyclic amines) is 2. The SMILES string of the molecule is COC(=O)N[C@H](C(=O)N1[C@@H]2C[C@@H]2C[C@H]1C1=Nc2ccc(-c3ccc4nc(-c5ccc6nc([C@@H]7C[C@H]8C[C@H]8N7C(=O)[C@@H](NC(=O)OC)C(C)C)[nH]c6c5)cnc4c3)cc2C1)C(C)C. The highest BCUT2D eigenvalue weighted by atomic mass is 16.5. The van der Waals surface area contributed by atoms with Gasteiger partial charge in [0, 0.05) is 29.8 Å². The topological polar surface area (TPSA) is 184 Å². The van der Waals surface area contributed by atoms with E-state index in [1.165, 1.54) is 14.2 Å². The molecule has 10 rings (SSSR count). The van der Waals surface area contributed by atoms with Crippen LogP contribution in [0.2, 0.25) is 0 Å². The molecule has 2 saturated heterocycles. The number of aromatic nitrogens is 4. The molecule has 5 aromatic rings. The van der Waals surface area contributed by atoms with Gasteiger partial charge in [0.05, 0.1) is 65.9 Å². The highest BCUT2D eigenvalue weighted by molar-refractivity contribution is 6.02. The van der Waals surface area contributed by atoms with Crippen molar-refractivity contribution < 1.29 is 28.7 Å². The number of hydrogen-bond donors (Lipinski definition) is 3. The predicted molar refractivity (Wildman–Crippen MR) is 232 cm³/mol. The molecule has 0 bridgehead atoms. The first-order chi connectivity index (χ1) is 29.9. The molecular formula is C47H51N9O6. The Morgan fingerprint density at radius 2 is 1.29 bits per heavy atom. The lowest BCUT2D eigenvalue weighted by atomic mass is 9.96. The molecule has 2 aromatic heterocycles. The number of benzene rings is 3. The van der Waals surface area contributed by atoms with Crippen LogP contribution >= 0.6 is 0 Å². The van der Waals surface area contributed by atoms with Crippen molar-refractivity contribution in [3.05, 3.63) is 72.2 Å². The second-order valence-corrected chi connectivity index (χ2v) is 18.3. The van der Waals surface area contributed by atoms with Crippen molar-refractivity contribution in [3.8, 4) is 22.4 Å². The number of hydrogen-bond acceptors (Lipinski definition) is 10. The van der Waals surface area contributed by atoms with Crippen LogP contribution in [0.5, 0.6) is 0 Å². The second-order valence-electron chi connectivity index (χ2n) is 18.3. The van der Waals surface area contributed by atoms with E-state index in [2.05, 4.69) is 45.9 Å². The van der Waals surface area contributed by atoms with Crippen LogP contribution < -0.4 is 10.6 Å². The molecular weight excluding hydrogens is 787 g/mol. The highest BCUT2D eigenvalue weighted by Crippen LogP contribution is 2.54. The molecule has 2 saturated carbocycles. The molecule has 5 heterocycles. The summed E-state index contributed by atoms with van der Waals surface area (Å²) in [5.41, 5.74) is 9.94. The Bertz CT molecular complexity index is 2690. The number of carbonyl (C=O) groups is 4. The number of carbonyl (C=O) groups excluding carboxylic acids is 4. The van der Waals surface area contributed by atoms with Gasteiger partial charge in [0.1, 0.15) is 17.9 Å². The van der Waals surface area contributed by atoms with Crippen LogP contribution in [0, 0.1) is 23.7 Å². The summed E-state index contributed by atoms with van der Waals surface area (Å²) in [6, 6.07) is 17.1. The molecule has 0 spiro atoms. The molecule has 62 heavy (non-hydrogen) atoms. The second kappa shape index (κ2) is 15.2. The number of aliphatic imine (C=N–C) groups is 1. The van der Waals surface area contributed by atoms with E-state index in [0.29, 0.717) is 18.3 Å². The lowest BCUT2D eigenvalue weighted by molar-refractivity contribution is -0.137. The van der Waals surface area contributed by atoms with Crippen LogP contribution in [-0.2, 0) is 25.5 Å². The Morgan fingerprint density at radius 3 is 1.95 bits per heavy atom. The minimum atomic E-state index is -0.693. The Hall–Kier alpha value is -6.38. The van der Waals surface area contributed by atoms with E-state index in [1.807, 2.05) is 61.8 Å². The summed E-state index contributed by atoms with van der Waals surface area (Å²) in [5.74, 6) is 1.25. The van der Waals surface area contributed by atoms with Gasteiger partial charge in [-0.25, -0.2) is 19.6 Å². The van der Waals surface area contributed by atoms with Crippen molar-refractivity contribution in [1.82, 2.24) is 40.4 Å². The van der Waals surface area contributed by atoms with E-state index in [4.69, 9.17) is 29.4 Å². The summed E-state index contributed by atoms with van der Waals surface area (Å²) < 4.78 is 9.64. The summed E-state index contributed by atoms with van der Waals surface area (Å²) in [5, 5.41) is 5.51. The monoisotopic (exact) mass is 837 g/mol. The van der Waals surface area contributed by atoms with Gasteiger partial charge < -0.3 is 34.9 Å². The van der Waals surface area contributed by atoms with E-state index in [-0.39, 0.29) is 47.8 Å². The molecule has 0 unspecified atom stereocenters.